The van der Waals surface area contributed by atoms with Crippen LogP contribution in [-0.4, -0.2) is 28.0 Å². The number of carbonyl (C=O) groups is 1. The lowest BCUT2D eigenvalue weighted by Crippen LogP contribution is -2.34. The van der Waals surface area contributed by atoms with Crippen molar-refractivity contribution in [3.63, 3.8) is 0 Å². The number of nitrogens with two attached hydrogens (primary N) is 1. The van der Waals surface area contributed by atoms with E-state index < -0.39 is 16.8 Å². The van der Waals surface area contributed by atoms with Gasteiger partial charge in [-0.2, -0.15) is 0 Å². The first-order chi connectivity index (χ1) is 5.43. The van der Waals surface area contributed by atoms with Crippen molar-refractivity contribution in [2.24, 2.45) is 11.7 Å². The Hall–Kier alpha value is -0.220. The number of carbonyl (C=O) groups excluding carboxylic acids is 1. The molecule has 0 fully saturated rings. The van der Waals surface area contributed by atoms with Crippen LogP contribution in [-0.2, 0) is 15.6 Å². The van der Waals surface area contributed by atoms with Crippen LogP contribution in [0.4, 0.5) is 0 Å². The maximum atomic E-state index is 11.2. The Morgan fingerprint density at radius 1 is 1.50 bits per heavy atom. The summed E-state index contributed by atoms with van der Waals surface area (Å²) >= 11 is 0. The zero-order valence-electron chi connectivity index (χ0n) is 7.87. The van der Waals surface area contributed by atoms with Crippen molar-refractivity contribution in [1.29, 1.82) is 0 Å². The van der Waals surface area contributed by atoms with E-state index in [4.69, 9.17) is 5.73 Å². The zero-order valence-corrected chi connectivity index (χ0v) is 8.69. The second kappa shape index (κ2) is 5.43. The van der Waals surface area contributed by atoms with Crippen molar-refractivity contribution in [2.45, 2.75) is 26.3 Å². The summed E-state index contributed by atoms with van der Waals surface area (Å²) < 4.78 is 10.7. The molecule has 0 radical (unpaired) electrons. The second-order valence-electron chi connectivity index (χ2n) is 3.42. The van der Waals surface area contributed by atoms with Crippen molar-refractivity contribution in [1.82, 2.24) is 0 Å². The summed E-state index contributed by atoms with van der Waals surface area (Å²) in [5.41, 5.74) is 5.58. The van der Waals surface area contributed by atoms with Gasteiger partial charge in [0.1, 0.15) is 0 Å². The largest absolute Gasteiger partial charge is 0.321 e. The lowest BCUT2D eigenvalue weighted by atomic mass is 10.0. The highest BCUT2D eigenvalue weighted by Crippen LogP contribution is 2.03. The summed E-state index contributed by atoms with van der Waals surface area (Å²) in [6, 6.07) is -0.436. The van der Waals surface area contributed by atoms with Crippen LogP contribution in [0, 0.1) is 5.92 Å². The van der Waals surface area contributed by atoms with Gasteiger partial charge in [-0.15, -0.1) is 0 Å². The topological polar surface area (TPSA) is 60.2 Å². The molecule has 0 saturated carbocycles. The fraction of sp³-hybridized carbons (Fsp3) is 0.875. The van der Waals surface area contributed by atoms with Crippen LogP contribution in [0.5, 0.6) is 0 Å². The predicted molar refractivity (Wildman–Crippen MR) is 51.4 cm³/mol. The highest BCUT2D eigenvalue weighted by Gasteiger charge is 2.15. The first-order valence-electron chi connectivity index (χ1n) is 4.01. The normalized spacial score (nSPS) is 16.1. The SMILES string of the molecule is CC(C)C[C@H](N)C(=O)CS(C)=O. The molecule has 1 unspecified atom stereocenters. The summed E-state index contributed by atoms with van der Waals surface area (Å²) in [6.45, 7) is 4.02. The molecule has 0 aromatic rings. The van der Waals surface area contributed by atoms with E-state index in [-0.39, 0.29) is 11.5 Å². The number of Topliss-reactive ketones (excluding diaryl/α,β-unsaturated/α-hetero) is 1. The predicted octanol–water partition coefficient (Wildman–Crippen LogP) is 0.307. The van der Waals surface area contributed by atoms with Crippen LogP contribution in [0.25, 0.3) is 0 Å². The Morgan fingerprint density at radius 3 is 2.33 bits per heavy atom. The molecule has 4 heteroatoms. The summed E-state index contributed by atoms with van der Waals surface area (Å²) in [7, 11) is -1.06. The number of rotatable bonds is 5. The Bertz CT molecular complexity index is 180. The highest BCUT2D eigenvalue weighted by atomic mass is 32.2. The lowest BCUT2D eigenvalue weighted by molar-refractivity contribution is -0.118. The third kappa shape index (κ3) is 5.43. The van der Waals surface area contributed by atoms with E-state index in [1.165, 1.54) is 6.26 Å². The van der Waals surface area contributed by atoms with Crippen LogP contribution in [0.15, 0.2) is 0 Å². The van der Waals surface area contributed by atoms with Crippen molar-refractivity contribution in [3.8, 4) is 0 Å². The molecule has 12 heavy (non-hydrogen) atoms. The molecular weight excluding hydrogens is 174 g/mol. The van der Waals surface area contributed by atoms with Gasteiger partial charge in [-0.25, -0.2) is 0 Å². The maximum absolute atomic E-state index is 11.2. The Morgan fingerprint density at radius 2 is 2.00 bits per heavy atom. The third-order valence-corrected chi connectivity index (χ3v) is 2.18. The fourth-order valence-corrected chi connectivity index (χ4v) is 1.56. The van der Waals surface area contributed by atoms with Crippen molar-refractivity contribution < 1.29 is 9.00 Å². The Labute approximate surface area is 76.2 Å². The van der Waals surface area contributed by atoms with E-state index in [1.807, 2.05) is 13.8 Å². The van der Waals surface area contributed by atoms with Crippen LogP contribution < -0.4 is 5.73 Å². The van der Waals surface area contributed by atoms with Crippen molar-refractivity contribution in [2.75, 3.05) is 12.0 Å². The molecule has 0 heterocycles. The molecule has 0 aromatic carbocycles. The molecule has 0 bridgehead atoms. The average molecular weight is 191 g/mol. The minimum atomic E-state index is -1.06. The van der Waals surface area contributed by atoms with E-state index in [0.717, 1.165) is 0 Å². The summed E-state index contributed by atoms with van der Waals surface area (Å²) in [5, 5.41) is 0. The number of ketones is 1. The van der Waals surface area contributed by atoms with E-state index >= 15 is 0 Å². The minimum Gasteiger partial charge on any atom is -0.321 e. The summed E-state index contributed by atoms with van der Waals surface area (Å²) in [6.07, 6.45) is 2.19. The van der Waals surface area contributed by atoms with E-state index in [2.05, 4.69) is 0 Å². The van der Waals surface area contributed by atoms with Gasteiger partial charge in [0.15, 0.2) is 5.78 Å². The van der Waals surface area contributed by atoms with Gasteiger partial charge in [0, 0.05) is 17.1 Å². The van der Waals surface area contributed by atoms with Crippen LogP contribution in [0.2, 0.25) is 0 Å². The Balaban J connectivity index is 3.85. The summed E-state index contributed by atoms with van der Waals surface area (Å²) in [4.78, 5) is 11.2. The second-order valence-corrected chi connectivity index (χ2v) is 4.85. The van der Waals surface area contributed by atoms with Crippen molar-refractivity contribution >= 4 is 16.6 Å². The number of hydrogen-bond acceptors (Lipinski definition) is 3. The van der Waals surface area contributed by atoms with Gasteiger partial charge < -0.3 is 5.73 Å². The molecule has 0 aliphatic carbocycles. The average Bonchev–Trinajstić information content (AvgIpc) is 1.84. The summed E-state index contributed by atoms with van der Waals surface area (Å²) in [5.74, 6) is 0.409. The minimum absolute atomic E-state index is 0.0912. The van der Waals surface area contributed by atoms with Crippen LogP contribution >= 0.6 is 0 Å². The Kier molecular flexibility index (Phi) is 5.33. The lowest BCUT2D eigenvalue weighted by Gasteiger charge is -2.11. The van der Waals surface area contributed by atoms with E-state index in [1.54, 1.807) is 0 Å². The van der Waals surface area contributed by atoms with Gasteiger partial charge in [0.25, 0.3) is 0 Å². The zero-order chi connectivity index (χ0) is 9.72. The standard InChI is InChI=1S/C8H17NO2S/c1-6(2)4-7(9)8(10)5-12(3)11/h6-7H,4-5,9H2,1-3H3/t7-,12?/m0/s1. The molecule has 3 nitrogen and oxygen atoms in total. The monoisotopic (exact) mass is 191 g/mol. The fourth-order valence-electron chi connectivity index (χ4n) is 0.947. The molecule has 0 spiro atoms. The van der Waals surface area contributed by atoms with E-state index in [9.17, 15) is 9.00 Å². The van der Waals surface area contributed by atoms with E-state index in [0.29, 0.717) is 12.3 Å². The molecule has 0 aromatic heterocycles. The van der Waals surface area contributed by atoms with Gasteiger partial charge in [0.05, 0.1) is 11.8 Å². The molecular formula is C8H17NO2S. The first-order valence-corrected chi connectivity index (χ1v) is 5.74. The quantitative estimate of drug-likeness (QED) is 0.680. The third-order valence-electron chi connectivity index (χ3n) is 1.48. The maximum Gasteiger partial charge on any atom is 0.161 e. The van der Waals surface area contributed by atoms with Crippen LogP contribution in [0.3, 0.4) is 0 Å². The molecule has 0 amide bonds. The molecule has 0 aliphatic rings. The highest BCUT2D eigenvalue weighted by molar-refractivity contribution is 7.85. The van der Waals surface area contributed by atoms with Crippen LogP contribution in [0.1, 0.15) is 20.3 Å². The molecule has 72 valence electrons. The molecule has 2 atom stereocenters. The molecule has 0 rings (SSSR count). The van der Waals surface area contributed by atoms with Gasteiger partial charge in [-0.1, -0.05) is 13.8 Å². The molecule has 0 saturated heterocycles. The van der Waals surface area contributed by atoms with Gasteiger partial charge in [-0.3, -0.25) is 9.00 Å². The van der Waals surface area contributed by atoms with Gasteiger partial charge in [0.2, 0.25) is 0 Å². The molecule has 0 aliphatic heterocycles. The number of hydrogen-bond donors (Lipinski definition) is 1. The first kappa shape index (κ1) is 11.8. The van der Waals surface area contributed by atoms with Gasteiger partial charge >= 0.3 is 0 Å². The smallest absolute Gasteiger partial charge is 0.161 e. The van der Waals surface area contributed by atoms with Crippen molar-refractivity contribution in [3.05, 3.63) is 0 Å². The molecule has 2 N–H and O–H groups in total. The van der Waals surface area contributed by atoms with Gasteiger partial charge in [-0.05, 0) is 12.3 Å².